The Kier molecular flexibility index (Phi) is 5.98. The van der Waals surface area contributed by atoms with E-state index in [0.29, 0.717) is 0 Å². The molecular formula is C30H42O. The van der Waals surface area contributed by atoms with Crippen molar-refractivity contribution in [2.45, 2.75) is 98.3 Å². The molecule has 0 atom stereocenters. The van der Waals surface area contributed by atoms with Crippen LogP contribution in [0.15, 0.2) is 29.8 Å². The predicted octanol–water partition coefficient (Wildman–Crippen LogP) is 8.60. The van der Waals surface area contributed by atoms with Gasteiger partial charge in [-0.2, -0.15) is 0 Å². The lowest BCUT2D eigenvalue weighted by Crippen LogP contribution is -2.17. The normalized spacial score (nSPS) is 14.5. The van der Waals surface area contributed by atoms with Crippen molar-refractivity contribution in [3.8, 4) is 16.9 Å². The Morgan fingerprint density at radius 1 is 0.774 bits per heavy atom. The van der Waals surface area contributed by atoms with Crippen LogP contribution in [0, 0.1) is 0 Å². The van der Waals surface area contributed by atoms with Crippen molar-refractivity contribution < 1.29 is 4.74 Å². The summed E-state index contributed by atoms with van der Waals surface area (Å²) in [4.78, 5) is 0. The maximum Gasteiger partial charge on any atom is 0.130 e. The molecule has 3 rings (SSSR count). The number of benzene rings is 2. The Morgan fingerprint density at radius 3 is 1.74 bits per heavy atom. The molecule has 31 heavy (non-hydrogen) atoms. The van der Waals surface area contributed by atoms with Crippen molar-refractivity contribution in [1.82, 2.24) is 0 Å². The van der Waals surface area contributed by atoms with Gasteiger partial charge in [0, 0.05) is 11.1 Å². The van der Waals surface area contributed by atoms with Crippen molar-refractivity contribution in [1.29, 1.82) is 0 Å². The third-order valence-corrected chi connectivity index (χ3v) is 6.61. The smallest absolute Gasteiger partial charge is 0.130 e. The number of allylic oxidation sites excluding steroid dienone is 1. The lowest BCUT2D eigenvalue weighted by molar-refractivity contribution is 0.399. The number of methoxy groups -OCH3 is 1. The predicted molar refractivity (Wildman–Crippen MR) is 137 cm³/mol. The number of ether oxygens (including phenoxy) is 1. The summed E-state index contributed by atoms with van der Waals surface area (Å²) < 4.78 is 6.18. The molecule has 0 aromatic heterocycles. The van der Waals surface area contributed by atoms with Gasteiger partial charge in [-0.25, -0.2) is 0 Å². The first-order chi connectivity index (χ1) is 14.2. The SMILES string of the molecule is CCC1=Cc2cc(C(C)(C)C)c(OC)c(-c3cc(C(C)(C)C)cc(C(C)(C)C)c3)c2C1. The maximum atomic E-state index is 6.18. The fraction of sp³-hybridized carbons (Fsp3) is 0.533. The average Bonchev–Trinajstić information content (AvgIpc) is 3.06. The summed E-state index contributed by atoms with van der Waals surface area (Å²) in [6, 6.07) is 9.59. The Labute approximate surface area is 190 Å². The Hall–Kier alpha value is -2.02. The van der Waals surface area contributed by atoms with Crippen molar-refractivity contribution in [2.75, 3.05) is 7.11 Å². The number of fused-ring (bicyclic) bond motifs is 1. The summed E-state index contributed by atoms with van der Waals surface area (Å²) >= 11 is 0. The third-order valence-electron chi connectivity index (χ3n) is 6.61. The van der Waals surface area contributed by atoms with Gasteiger partial charge in [0.15, 0.2) is 0 Å². The molecule has 2 aromatic carbocycles. The van der Waals surface area contributed by atoms with Crippen LogP contribution in [0.4, 0.5) is 0 Å². The molecule has 0 radical (unpaired) electrons. The zero-order valence-electron chi connectivity index (χ0n) is 21.7. The van der Waals surface area contributed by atoms with E-state index in [2.05, 4.69) is 99.6 Å². The van der Waals surface area contributed by atoms with Gasteiger partial charge >= 0.3 is 0 Å². The highest BCUT2D eigenvalue weighted by Crippen LogP contribution is 2.48. The van der Waals surface area contributed by atoms with Crippen LogP contribution in [-0.2, 0) is 22.7 Å². The highest BCUT2D eigenvalue weighted by atomic mass is 16.5. The summed E-state index contributed by atoms with van der Waals surface area (Å²) in [6.07, 6.45) is 4.52. The summed E-state index contributed by atoms with van der Waals surface area (Å²) in [5.74, 6) is 1.04. The molecule has 0 saturated carbocycles. The van der Waals surface area contributed by atoms with E-state index in [1.165, 1.54) is 44.5 Å². The zero-order valence-corrected chi connectivity index (χ0v) is 21.7. The number of hydrogen-bond donors (Lipinski definition) is 0. The fourth-order valence-electron chi connectivity index (χ4n) is 4.48. The van der Waals surface area contributed by atoms with E-state index < -0.39 is 0 Å². The minimum Gasteiger partial charge on any atom is -0.496 e. The molecule has 0 unspecified atom stereocenters. The van der Waals surface area contributed by atoms with Gasteiger partial charge in [0.2, 0.25) is 0 Å². The van der Waals surface area contributed by atoms with Gasteiger partial charge in [-0.3, -0.25) is 0 Å². The van der Waals surface area contributed by atoms with Gasteiger partial charge in [-0.1, -0.05) is 99.1 Å². The largest absolute Gasteiger partial charge is 0.496 e. The molecule has 0 amide bonds. The molecule has 168 valence electrons. The van der Waals surface area contributed by atoms with Crippen molar-refractivity contribution in [3.63, 3.8) is 0 Å². The van der Waals surface area contributed by atoms with Crippen molar-refractivity contribution in [3.05, 3.63) is 57.7 Å². The van der Waals surface area contributed by atoms with E-state index in [0.717, 1.165) is 18.6 Å². The lowest BCUT2D eigenvalue weighted by Gasteiger charge is -2.29. The van der Waals surface area contributed by atoms with Crippen LogP contribution in [0.5, 0.6) is 5.75 Å². The first-order valence-corrected chi connectivity index (χ1v) is 11.8. The molecule has 0 bridgehead atoms. The maximum absolute atomic E-state index is 6.18. The fourth-order valence-corrected chi connectivity index (χ4v) is 4.48. The standard InChI is InChI=1S/C30H42O/c1-12-19-13-20-17-25(30(8,9)10)27(31-11)26(24(20)14-19)21-15-22(28(2,3)4)18-23(16-21)29(5,6)7/h13,15-18H,12,14H2,1-11H3. The van der Waals surface area contributed by atoms with Crippen LogP contribution in [0.3, 0.4) is 0 Å². The number of rotatable bonds is 3. The quantitative estimate of drug-likeness (QED) is 0.485. The van der Waals surface area contributed by atoms with Crippen molar-refractivity contribution >= 4 is 6.08 Å². The van der Waals surface area contributed by atoms with E-state index in [1.54, 1.807) is 0 Å². The first-order valence-electron chi connectivity index (χ1n) is 11.8. The second-order valence-electron chi connectivity index (χ2n) is 12.3. The van der Waals surface area contributed by atoms with E-state index in [1.807, 2.05) is 7.11 Å². The van der Waals surface area contributed by atoms with Gasteiger partial charge in [0.05, 0.1) is 7.11 Å². The molecule has 1 nitrogen and oxygen atoms in total. The van der Waals surface area contributed by atoms with Gasteiger partial charge in [0.1, 0.15) is 5.75 Å². The molecule has 0 aliphatic heterocycles. The second kappa shape index (κ2) is 7.84. The third kappa shape index (κ3) is 4.61. The van der Waals surface area contributed by atoms with Gasteiger partial charge < -0.3 is 4.74 Å². The topological polar surface area (TPSA) is 9.23 Å². The highest BCUT2D eigenvalue weighted by molar-refractivity contribution is 5.84. The minimum atomic E-state index is 0.00637. The molecule has 1 heteroatoms. The molecular weight excluding hydrogens is 376 g/mol. The van der Waals surface area contributed by atoms with Crippen LogP contribution in [0.1, 0.15) is 103 Å². The summed E-state index contributed by atoms with van der Waals surface area (Å²) in [7, 11) is 1.84. The van der Waals surface area contributed by atoms with Crippen LogP contribution < -0.4 is 4.74 Å². The Bertz CT molecular complexity index is 982. The van der Waals surface area contributed by atoms with Gasteiger partial charge in [-0.05, 0) is 63.0 Å². The van der Waals surface area contributed by atoms with E-state index in [-0.39, 0.29) is 16.2 Å². The zero-order chi connectivity index (χ0) is 23.4. The second-order valence-corrected chi connectivity index (χ2v) is 12.3. The van der Waals surface area contributed by atoms with Crippen LogP contribution in [0.2, 0.25) is 0 Å². The molecule has 0 saturated heterocycles. The Morgan fingerprint density at radius 2 is 1.32 bits per heavy atom. The van der Waals surface area contributed by atoms with Crippen molar-refractivity contribution in [2.24, 2.45) is 0 Å². The van der Waals surface area contributed by atoms with Crippen LogP contribution >= 0.6 is 0 Å². The summed E-state index contributed by atoms with van der Waals surface area (Å²) in [5, 5.41) is 0. The number of hydrogen-bond acceptors (Lipinski definition) is 1. The van der Waals surface area contributed by atoms with Gasteiger partial charge in [-0.15, -0.1) is 0 Å². The van der Waals surface area contributed by atoms with Crippen LogP contribution in [0.25, 0.3) is 17.2 Å². The molecule has 1 aliphatic carbocycles. The molecule has 0 heterocycles. The summed E-state index contributed by atoms with van der Waals surface area (Å²) in [5.41, 5.74) is 11.1. The lowest BCUT2D eigenvalue weighted by atomic mass is 9.77. The average molecular weight is 419 g/mol. The summed E-state index contributed by atoms with van der Waals surface area (Å²) in [6.45, 7) is 23.0. The van der Waals surface area contributed by atoms with E-state index in [9.17, 15) is 0 Å². The van der Waals surface area contributed by atoms with E-state index in [4.69, 9.17) is 4.74 Å². The van der Waals surface area contributed by atoms with Crippen LogP contribution in [-0.4, -0.2) is 7.11 Å². The molecule has 1 aliphatic rings. The molecule has 0 fully saturated rings. The molecule has 0 N–H and O–H groups in total. The first kappa shape index (κ1) is 23.6. The molecule has 0 spiro atoms. The molecule has 2 aromatic rings. The Balaban J connectivity index is 2.42. The minimum absolute atomic E-state index is 0.00637. The highest BCUT2D eigenvalue weighted by Gasteiger charge is 2.30. The van der Waals surface area contributed by atoms with Gasteiger partial charge in [0.25, 0.3) is 0 Å². The monoisotopic (exact) mass is 418 g/mol. The van der Waals surface area contributed by atoms with E-state index >= 15 is 0 Å².